The van der Waals surface area contributed by atoms with Gasteiger partial charge in [-0.15, -0.1) is 0 Å². The Balaban J connectivity index is 1.77. The van der Waals surface area contributed by atoms with Crippen LogP contribution in [0.15, 0.2) is 48.5 Å². The van der Waals surface area contributed by atoms with E-state index in [-0.39, 0.29) is 24.6 Å². The Labute approximate surface area is 165 Å². The van der Waals surface area contributed by atoms with Crippen LogP contribution in [-0.2, 0) is 9.53 Å². The van der Waals surface area contributed by atoms with Crippen molar-refractivity contribution < 1.29 is 14.3 Å². The van der Waals surface area contributed by atoms with Crippen molar-refractivity contribution in [2.75, 3.05) is 6.61 Å². The molecular formula is C23H24N2O3. The molecule has 0 saturated carbocycles. The lowest BCUT2D eigenvalue weighted by atomic mass is 9.96. The first-order chi connectivity index (χ1) is 13.5. The molecule has 2 aromatic rings. The molecule has 1 aliphatic rings. The smallest absolute Gasteiger partial charge is 0.339 e. The number of carbonyl (C=O) groups is 2. The van der Waals surface area contributed by atoms with Crippen LogP contribution < -0.4 is 0 Å². The third kappa shape index (κ3) is 4.07. The number of amides is 1. The van der Waals surface area contributed by atoms with Gasteiger partial charge >= 0.3 is 5.97 Å². The SMILES string of the molecule is C[C@H]1CCC[C@H](C)N1C(=O)COC(=O)c1ccccc1-c1ccccc1C#N. The number of esters is 1. The van der Waals surface area contributed by atoms with Gasteiger partial charge in [0.15, 0.2) is 6.61 Å². The van der Waals surface area contributed by atoms with E-state index < -0.39 is 5.97 Å². The molecule has 2 aromatic carbocycles. The van der Waals surface area contributed by atoms with Crippen molar-refractivity contribution in [3.05, 3.63) is 59.7 Å². The summed E-state index contributed by atoms with van der Waals surface area (Å²) >= 11 is 0. The fourth-order valence-corrected chi connectivity index (χ4v) is 3.90. The maximum absolute atomic E-state index is 12.7. The maximum Gasteiger partial charge on any atom is 0.339 e. The quantitative estimate of drug-likeness (QED) is 0.751. The zero-order chi connectivity index (χ0) is 20.1. The van der Waals surface area contributed by atoms with Gasteiger partial charge in [-0.2, -0.15) is 5.26 Å². The normalized spacial score (nSPS) is 19.0. The molecular weight excluding hydrogens is 352 g/mol. The first-order valence-electron chi connectivity index (χ1n) is 9.59. The van der Waals surface area contributed by atoms with Gasteiger partial charge in [-0.05, 0) is 50.8 Å². The molecule has 28 heavy (non-hydrogen) atoms. The summed E-state index contributed by atoms with van der Waals surface area (Å²) in [6, 6.07) is 16.6. The zero-order valence-corrected chi connectivity index (χ0v) is 16.2. The van der Waals surface area contributed by atoms with E-state index in [4.69, 9.17) is 4.74 Å². The van der Waals surface area contributed by atoms with Crippen molar-refractivity contribution in [2.24, 2.45) is 0 Å². The number of nitriles is 1. The van der Waals surface area contributed by atoms with Crippen molar-refractivity contribution in [1.29, 1.82) is 5.26 Å². The predicted molar refractivity (Wildman–Crippen MR) is 106 cm³/mol. The Morgan fingerprint density at radius 1 is 1.04 bits per heavy atom. The van der Waals surface area contributed by atoms with Gasteiger partial charge in [0, 0.05) is 17.6 Å². The Bertz CT molecular complexity index is 906. The molecule has 0 aromatic heterocycles. The molecule has 0 bridgehead atoms. The molecule has 5 nitrogen and oxygen atoms in total. The zero-order valence-electron chi connectivity index (χ0n) is 16.2. The molecule has 2 atom stereocenters. The highest BCUT2D eigenvalue weighted by molar-refractivity contribution is 5.99. The minimum Gasteiger partial charge on any atom is -0.452 e. The van der Waals surface area contributed by atoms with Crippen molar-refractivity contribution in [3.63, 3.8) is 0 Å². The Hall–Kier alpha value is -3.13. The van der Waals surface area contributed by atoms with Gasteiger partial charge in [-0.3, -0.25) is 4.79 Å². The van der Waals surface area contributed by atoms with Crippen LogP contribution in [-0.4, -0.2) is 35.5 Å². The third-order valence-corrected chi connectivity index (χ3v) is 5.29. The van der Waals surface area contributed by atoms with Crippen LogP contribution >= 0.6 is 0 Å². The van der Waals surface area contributed by atoms with E-state index in [0.717, 1.165) is 19.3 Å². The maximum atomic E-state index is 12.7. The van der Waals surface area contributed by atoms with E-state index in [1.807, 2.05) is 30.9 Å². The lowest BCUT2D eigenvalue weighted by Gasteiger charge is -2.38. The van der Waals surface area contributed by atoms with E-state index in [0.29, 0.717) is 22.3 Å². The van der Waals surface area contributed by atoms with Gasteiger partial charge < -0.3 is 9.64 Å². The third-order valence-electron chi connectivity index (χ3n) is 5.29. The highest BCUT2D eigenvalue weighted by atomic mass is 16.5. The highest BCUT2D eigenvalue weighted by Gasteiger charge is 2.29. The summed E-state index contributed by atoms with van der Waals surface area (Å²) in [5, 5.41) is 9.36. The van der Waals surface area contributed by atoms with E-state index in [1.54, 1.807) is 36.4 Å². The van der Waals surface area contributed by atoms with E-state index in [1.165, 1.54) is 0 Å². The van der Waals surface area contributed by atoms with E-state index in [9.17, 15) is 14.9 Å². The van der Waals surface area contributed by atoms with Crippen molar-refractivity contribution in [1.82, 2.24) is 4.90 Å². The second-order valence-electron chi connectivity index (χ2n) is 7.21. The number of hydrogen-bond acceptors (Lipinski definition) is 4. The molecule has 1 fully saturated rings. The topological polar surface area (TPSA) is 70.4 Å². The van der Waals surface area contributed by atoms with Crippen LogP contribution in [0.2, 0.25) is 0 Å². The average Bonchev–Trinajstić information content (AvgIpc) is 2.71. The number of likely N-dealkylation sites (tertiary alicyclic amines) is 1. The number of ether oxygens (including phenoxy) is 1. The average molecular weight is 376 g/mol. The summed E-state index contributed by atoms with van der Waals surface area (Å²) in [4.78, 5) is 27.2. The van der Waals surface area contributed by atoms with E-state index >= 15 is 0 Å². The molecule has 0 unspecified atom stereocenters. The molecule has 1 saturated heterocycles. The molecule has 1 amide bonds. The van der Waals surface area contributed by atoms with Crippen molar-refractivity contribution >= 4 is 11.9 Å². The summed E-state index contributed by atoms with van der Waals surface area (Å²) in [6.45, 7) is 3.79. The lowest BCUT2D eigenvalue weighted by Crippen LogP contribution is -2.49. The Morgan fingerprint density at radius 3 is 2.32 bits per heavy atom. The molecule has 144 valence electrons. The highest BCUT2D eigenvalue weighted by Crippen LogP contribution is 2.27. The minimum absolute atomic E-state index is 0.157. The van der Waals surface area contributed by atoms with Crippen LogP contribution in [0.25, 0.3) is 11.1 Å². The first-order valence-corrected chi connectivity index (χ1v) is 9.59. The molecule has 0 aliphatic carbocycles. The fourth-order valence-electron chi connectivity index (χ4n) is 3.90. The fraction of sp³-hybridized carbons (Fsp3) is 0.348. The van der Waals surface area contributed by atoms with Gasteiger partial charge in [0.1, 0.15) is 0 Å². The number of rotatable bonds is 4. The van der Waals surface area contributed by atoms with Gasteiger partial charge in [-0.1, -0.05) is 36.4 Å². The van der Waals surface area contributed by atoms with Crippen LogP contribution in [0.4, 0.5) is 0 Å². The second-order valence-corrected chi connectivity index (χ2v) is 7.21. The number of piperidine rings is 1. The number of carbonyl (C=O) groups excluding carboxylic acids is 2. The first kappa shape index (κ1) is 19.6. The number of benzene rings is 2. The summed E-state index contributed by atoms with van der Waals surface area (Å²) in [6.07, 6.45) is 3.05. The summed E-state index contributed by atoms with van der Waals surface area (Å²) < 4.78 is 5.36. The van der Waals surface area contributed by atoms with E-state index in [2.05, 4.69) is 6.07 Å². The van der Waals surface area contributed by atoms with Crippen molar-refractivity contribution in [3.8, 4) is 17.2 Å². The standard InChI is InChI=1S/C23H24N2O3/c1-16-8-7-9-17(2)25(16)22(26)15-28-23(27)21-13-6-5-12-20(21)19-11-4-3-10-18(19)14-24/h3-6,10-13,16-17H,7-9,15H2,1-2H3/t16-,17-/m0/s1. The van der Waals surface area contributed by atoms with Crippen LogP contribution in [0.5, 0.6) is 0 Å². The van der Waals surface area contributed by atoms with Gasteiger partial charge in [0.25, 0.3) is 5.91 Å². The minimum atomic E-state index is -0.561. The molecule has 3 rings (SSSR count). The number of nitrogens with zero attached hydrogens (tertiary/aromatic N) is 2. The summed E-state index contributed by atoms with van der Waals surface area (Å²) in [7, 11) is 0. The lowest BCUT2D eigenvalue weighted by molar-refractivity contribution is -0.140. The summed E-state index contributed by atoms with van der Waals surface area (Å²) in [5.41, 5.74) is 2.12. The monoisotopic (exact) mass is 376 g/mol. The van der Waals surface area contributed by atoms with Crippen LogP contribution in [0, 0.1) is 11.3 Å². The summed E-state index contributed by atoms with van der Waals surface area (Å²) in [5.74, 6) is -0.725. The van der Waals surface area contributed by atoms with Gasteiger partial charge in [-0.25, -0.2) is 4.79 Å². The molecule has 1 heterocycles. The molecule has 1 aliphatic heterocycles. The van der Waals surface area contributed by atoms with Crippen LogP contribution in [0.1, 0.15) is 49.0 Å². The molecule has 0 N–H and O–H groups in total. The van der Waals surface area contributed by atoms with Gasteiger partial charge in [0.2, 0.25) is 0 Å². The number of hydrogen-bond donors (Lipinski definition) is 0. The molecule has 0 spiro atoms. The van der Waals surface area contributed by atoms with Gasteiger partial charge in [0.05, 0.1) is 17.2 Å². The van der Waals surface area contributed by atoms with Crippen molar-refractivity contribution in [2.45, 2.75) is 45.2 Å². The predicted octanol–water partition coefficient (Wildman–Crippen LogP) is 4.17. The second kappa shape index (κ2) is 8.71. The molecule has 0 radical (unpaired) electrons. The largest absolute Gasteiger partial charge is 0.452 e. The van der Waals surface area contributed by atoms with Crippen LogP contribution in [0.3, 0.4) is 0 Å². The Kier molecular flexibility index (Phi) is 6.10. The Morgan fingerprint density at radius 2 is 1.64 bits per heavy atom. The molecule has 5 heteroatoms.